The Bertz CT molecular complexity index is 945. The maximum atomic E-state index is 13.5. The van der Waals surface area contributed by atoms with Gasteiger partial charge in [0.15, 0.2) is 0 Å². The lowest BCUT2D eigenvalue weighted by Crippen LogP contribution is -2.56. The summed E-state index contributed by atoms with van der Waals surface area (Å²) >= 11 is 1.44. The molecule has 10 nitrogen and oxygen atoms in total. The molecule has 0 aromatic rings. The van der Waals surface area contributed by atoms with Crippen LogP contribution in [0.4, 0.5) is 4.79 Å². The number of thioether (sulfide) groups is 1. The lowest BCUT2D eigenvalue weighted by molar-refractivity contribution is -0.164. The predicted octanol–water partition coefficient (Wildman–Crippen LogP) is 1.93. The SMILES string of the molecule is CC1=C(C[C@@H]2S[C@H]3C(=C2C(=O)N2C[C@H](O)CO2)C(=O)N(C)C(=O)N3CC(C)C)[C@H](C)N=N1. The van der Waals surface area contributed by atoms with Gasteiger partial charge in [-0.3, -0.25) is 19.3 Å². The molecule has 4 heterocycles. The highest BCUT2D eigenvalue weighted by atomic mass is 32.2. The highest BCUT2D eigenvalue weighted by molar-refractivity contribution is 8.01. The molecular formula is C21H29N5O5S. The van der Waals surface area contributed by atoms with Gasteiger partial charge in [0.2, 0.25) is 0 Å². The molecule has 0 aromatic heterocycles. The third-order valence-electron chi connectivity index (χ3n) is 6.08. The largest absolute Gasteiger partial charge is 0.389 e. The number of nitrogens with zero attached hydrogens (tertiary/aromatic N) is 5. The Kier molecular flexibility index (Phi) is 6.17. The topological polar surface area (TPSA) is 115 Å². The lowest BCUT2D eigenvalue weighted by Gasteiger charge is -2.39. The number of urea groups is 1. The second-order valence-electron chi connectivity index (χ2n) is 9.02. The molecule has 0 bridgehead atoms. The Morgan fingerprint density at radius 2 is 2.06 bits per heavy atom. The smallest absolute Gasteiger partial charge is 0.327 e. The number of β-amino-alcohol motifs (C(OH)–C–C–N with tert-alkyl or cyclic N) is 1. The van der Waals surface area contributed by atoms with E-state index >= 15 is 0 Å². The molecule has 0 saturated carbocycles. The molecule has 0 aliphatic carbocycles. The number of carbonyl (C=O) groups excluding carboxylic acids is 3. The van der Waals surface area contributed by atoms with Crippen LogP contribution in [0.3, 0.4) is 0 Å². The van der Waals surface area contributed by atoms with Crippen LogP contribution >= 0.6 is 11.8 Å². The van der Waals surface area contributed by atoms with Crippen LogP contribution in [0.2, 0.25) is 0 Å². The van der Waals surface area contributed by atoms with Crippen LogP contribution in [0.25, 0.3) is 0 Å². The molecule has 4 atom stereocenters. The van der Waals surface area contributed by atoms with Crippen molar-refractivity contribution >= 4 is 29.6 Å². The van der Waals surface area contributed by atoms with Gasteiger partial charge in [0.05, 0.1) is 23.9 Å². The number of aliphatic hydroxyl groups excluding tert-OH is 1. The van der Waals surface area contributed by atoms with Crippen molar-refractivity contribution in [1.29, 1.82) is 0 Å². The molecule has 0 radical (unpaired) electrons. The van der Waals surface area contributed by atoms with E-state index in [-0.39, 0.29) is 36.4 Å². The summed E-state index contributed by atoms with van der Waals surface area (Å²) in [5.41, 5.74) is 2.50. The Hall–Kier alpha value is -2.24. The second-order valence-corrected chi connectivity index (χ2v) is 10.3. The molecule has 4 aliphatic rings. The normalized spacial score (nSPS) is 30.5. The molecule has 174 valence electrons. The third kappa shape index (κ3) is 3.86. The number of amides is 4. The summed E-state index contributed by atoms with van der Waals surface area (Å²) in [6.45, 7) is 8.38. The van der Waals surface area contributed by atoms with Crippen LogP contribution in [0.5, 0.6) is 0 Å². The first kappa shape index (κ1) is 22.9. The van der Waals surface area contributed by atoms with Crippen molar-refractivity contribution in [1.82, 2.24) is 14.9 Å². The molecule has 11 heteroatoms. The van der Waals surface area contributed by atoms with Gasteiger partial charge in [-0.1, -0.05) is 13.8 Å². The van der Waals surface area contributed by atoms with E-state index in [1.807, 2.05) is 27.7 Å². The number of aliphatic hydroxyl groups is 1. The van der Waals surface area contributed by atoms with E-state index in [0.717, 1.165) is 21.2 Å². The number of rotatable bonds is 5. The fourth-order valence-electron chi connectivity index (χ4n) is 4.46. The predicted molar refractivity (Wildman–Crippen MR) is 117 cm³/mol. The Balaban J connectivity index is 1.76. The van der Waals surface area contributed by atoms with Crippen LogP contribution in [0.1, 0.15) is 34.1 Å². The number of hydrogen-bond acceptors (Lipinski definition) is 8. The fourth-order valence-corrected chi connectivity index (χ4v) is 6.09. The maximum Gasteiger partial charge on any atom is 0.327 e. The van der Waals surface area contributed by atoms with E-state index in [1.165, 1.54) is 18.8 Å². The molecule has 0 aromatic carbocycles. The van der Waals surface area contributed by atoms with Gasteiger partial charge in [0.25, 0.3) is 11.8 Å². The number of hydrogen-bond donors (Lipinski definition) is 1. The summed E-state index contributed by atoms with van der Waals surface area (Å²) in [7, 11) is 1.45. The van der Waals surface area contributed by atoms with Gasteiger partial charge >= 0.3 is 6.03 Å². The third-order valence-corrected chi connectivity index (χ3v) is 7.56. The summed E-state index contributed by atoms with van der Waals surface area (Å²) < 4.78 is 0. The number of carbonyl (C=O) groups is 3. The van der Waals surface area contributed by atoms with E-state index in [1.54, 1.807) is 4.90 Å². The maximum absolute atomic E-state index is 13.5. The highest BCUT2D eigenvalue weighted by Gasteiger charge is 2.52. The first-order valence-electron chi connectivity index (χ1n) is 10.8. The standard InChI is InChI=1S/C21H29N5O5S/c1-10(2)7-25-20-17(18(28)24(5)21(25)30)16(19(29)26-8-13(27)9-31-26)15(32-20)6-14-11(3)22-23-12(14)4/h10-11,13,15,20,27H,6-9H2,1-5H3/t11-,13-,15-,20-/m0/s1. The minimum atomic E-state index is -0.769. The molecule has 0 spiro atoms. The molecule has 0 unspecified atom stereocenters. The monoisotopic (exact) mass is 463 g/mol. The summed E-state index contributed by atoms with van der Waals surface area (Å²) in [5, 5.41) is 18.5. The first-order chi connectivity index (χ1) is 15.1. The van der Waals surface area contributed by atoms with Crippen LogP contribution in [0, 0.1) is 5.92 Å². The number of azo groups is 1. The van der Waals surface area contributed by atoms with Gasteiger partial charge in [0.1, 0.15) is 18.1 Å². The first-order valence-corrected chi connectivity index (χ1v) is 11.8. The molecule has 2 fully saturated rings. The highest BCUT2D eigenvalue weighted by Crippen LogP contribution is 2.48. The van der Waals surface area contributed by atoms with Crippen molar-refractivity contribution in [2.24, 2.45) is 16.1 Å². The van der Waals surface area contributed by atoms with Crippen LogP contribution in [-0.4, -0.2) is 87.3 Å². The second kappa shape index (κ2) is 8.60. The Morgan fingerprint density at radius 1 is 1.34 bits per heavy atom. The number of imide groups is 1. The van der Waals surface area contributed by atoms with Crippen molar-refractivity contribution in [3.05, 3.63) is 22.4 Å². The molecule has 4 amide bonds. The van der Waals surface area contributed by atoms with Gasteiger partial charge in [-0.15, -0.1) is 11.8 Å². The molecule has 2 saturated heterocycles. The van der Waals surface area contributed by atoms with E-state index < -0.39 is 23.3 Å². The average Bonchev–Trinajstić information content (AvgIpc) is 3.42. The van der Waals surface area contributed by atoms with Crippen molar-refractivity contribution < 1.29 is 24.3 Å². The van der Waals surface area contributed by atoms with Crippen LogP contribution < -0.4 is 0 Å². The number of fused-ring (bicyclic) bond motifs is 1. The fraction of sp³-hybridized carbons (Fsp3) is 0.667. The molecule has 32 heavy (non-hydrogen) atoms. The zero-order valence-corrected chi connectivity index (χ0v) is 19.8. The van der Waals surface area contributed by atoms with Crippen LogP contribution in [-0.2, 0) is 14.4 Å². The number of hydroxylamine groups is 2. The quantitative estimate of drug-likeness (QED) is 0.666. The number of allylic oxidation sites excluding steroid dienone is 1. The van der Waals surface area contributed by atoms with Gasteiger partial charge in [-0.25, -0.2) is 9.86 Å². The van der Waals surface area contributed by atoms with Gasteiger partial charge < -0.3 is 10.0 Å². The molecule has 1 N–H and O–H groups in total. The zero-order chi connectivity index (χ0) is 23.3. The summed E-state index contributed by atoms with van der Waals surface area (Å²) in [4.78, 5) is 47.9. The van der Waals surface area contributed by atoms with Crippen molar-refractivity contribution in [3.63, 3.8) is 0 Å². The van der Waals surface area contributed by atoms with Crippen molar-refractivity contribution in [2.45, 2.75) is 56.9 Å². The molecule has 4 rings (SSSR count). The lowest BCUT2D eigenvalue weighted by atomic mass is 9.94. The van der Waals surface area contributed by atoms with Crippen molar-refractivity contribution in [2.75, 3.05) is 26.7 Å². The van der Waals surface area contributed by atoms with E-state index in [2.05, 4.69) is 10.2 Å². The van der Waals surface area contributed by atoms with Gasteiger partial charge in [-0.05, 0) is 31.8 Å². The zero-order valence-electron chi connectivity index (χ0n) is 18.9. The number of likely N-dealkylation sites (N-methyl/N-ethyl adjacent to an activating group) is 1. The van der Waals surface area contributed by atoms with Crippen LogP contribution in [0.15, 0.2) is 32.6 Å². The minimum absolute atomic E-state index is 0.0282. The summed E-state index contributed by atoms with van der Waals surface area (Å²) in [6.07, 6.45) is -0.281. The minimum Gasteiger partial charge on any atom is -0.389 e. The van der Waals surface area contributed by atoms with E-state index in [0.29, 0.717) is 24.1 Å². The summed E-state index contributed by atoms with van der Waals surface area (Å²) in [6, 6.07) is -0.462. The van der Waals surface area contributed by atoms with E-state index in [9.17, 15) is 19.5 Å². The molecular weight excluding hydrogens is 434 g/mol. The average molecular weight is 464 g/mol. The molecule has 4 aliphatic heterocycles. The van der Waals surface area contributed by atoms with Gasteiger partial charge in [0, 0.05) is 24.4 Å². The summed E-state index contributed by atoms with van der Waals surface area (Å²) in [5.74, 6) is -0.706. The Labute approximate surface area is 191 Å². The Morgan fingerprint density at radius 3 is 2.62 bits per heavy atom. The van der Waals surface area contributed by atoms with Crippen molar-refractivity contribution in [3.8, 4) is 0 Å². The van der Waals surface area contributed by atoms with E-state index in [4.69, 9.17) is 4.84 Å². The van der Waals surface area contributed by atoms with Gasteiger partial charge in [-0.2, -0.15) is 10.2 Å².